The number of carbonyl (C=O) groups is 8. The second-order valence-corrected chi connectivity index (χ2v) is 17.2. The molecule has 69 heavy (non-hydrogen) atoms. The van der Waals surface area contributed by atoms with Gasteiger partial charge in [-0.1, -0.05) is 108 Å². The number of likely N-dealkylation sites (tertiary alicyclic amines) is 1. The molecule has 2 heterocycles. The summed E-state index contributed by atoms with van der Waals surface area (Å²) in [4.78, 5) is 104. The van der Waals surface area contributed by atoms with Crippen molar-refractivity contribution >= 4 is 47.8 Å². The van der Waals surface area contributed by atoms with Crippen molar-refractivity contribution in [2.24, 2.45) is 11.7 Å². The SMILES string of the molecule is CC(NC=O)c1ccccc1.CCC.CCc1ccccc1.CNC(C)C(=O)NCC(=O)N1CC(NC(=O)c2cccc(C(=O)N3CCN(C(=O)C(NC(=O)[C@H](C)NC)C(C)C)C3)c2)CC1C(N)=O. The van der Waals surface area contributed by atoms with E-state index in [1.807, 2.05) is 57.2 Å². The van der Waals surface area contributed by atoms with Crippen LogP contribution in [0.1, 0.15) is 106 Å². The summed E-state index contributed by atoms with van der Waals surface area (Å²) in [5, 5.41) is 16.4. The highest BCUT2D eigenvalue weighted by atomic mass is 16.2. The molecule has 0 radical (unpaired) electrons. The van der Waals surface area contributed by atoms with Crippen LogP contribution in [-0.2, 0) is 35.2 Å². The number of nitrogens with one attached hydrogen (secondary N) is 6. The fraction of sp³-hybridized carbons (Fsp3) is 0.490. The van der Waals surface area contributed by atoms with E-state index in [1.165, 1.54) is 38.8 Å². The van der Waals surface area contributed by atoms with E-state index < -0.39 is 47.9 Å². The van der Waals surface area contributed by atoms with E-state index in [9.17, 15) is 38.4 Å². The number of primary amides is 1. The van der Waals surface area contributed by atoms with Gasteiger partial charge in [-0.25, -0.2) is 0 Å². The van der Waals surface area contributed by atoms with Crippen LogP contribution in [0, 0.1) is 5.92 Å². The first kappa shape index (κ1) is 58.5. The van der Waals surface area contributed by atoms with Crippen molar-refractivity contribution < 1.29 is 38.4 Å². The lowest BCUT2D eigenvalue weighted by molar-refractivity contribution is -0.137. The number of benzene rings is 3. The van der Waals surface area contributed by atoms with Crippen molar-refractivity contribution in [2.75, 3.05) is 46.9 Å². The van der Waals surface area contributed by atoms with E-state index in [0.717, 1.165) is 18.4 Å². The maximum absolute atomic E-state index is 13.4. The van der Waals surface area contributed by atoms with Gasteiger partial charge in [-0.3, -0.25) is 38.4 Å². The Balaban J connectivity index is 0.000000602. The highest BCUT2D eigenvalue weighted by molar-refractivity contribution is 6.00. The Bertz CT molecular complexity index is 2110. The molecule has 0 aromatic heterocycles. The predicted molar refractivity (Wildman–Crippen MR) is 267 cm³/mol. The maximum Gasteiger partial charge on any atom is 0.255 e. The van der Waals surface area contributed by atoms with Crippen LogP contribution in [0.25, 0.3) is 0 Å². The Kier molecular flexibility index (Phi) is 26.0. The zero-order chi connectivity index (χ0) is 51.6. The average molecular weight is 957 g/mol. The molecular formula is C51H76N10O8. The van der Waals surface area contributed by atoms with Gasteiger partial charge < -0.3 is 52.3 Å². The number of hydrogen-bond donors (Lipinski definition) is 7. The predicted octanol–water partition coefficient (Wildman–Crippen LogP) is 2.74. The number of likely N-dealkylation sites (N-methyl/N-ethyl adjacent to an activating group) is 2. The van der Waals surface area contributed by atoms with Crippen LogP contribution in [0.2, 0.25) is 0 Å². The first-order valence-corrected chi connectivity index (χ1v) is 23.7. The quantitative estimate of drug-likeness (QED) is 0.0976. The molecule has 8 N–H and O–H groups in total. The van der Waals surface area contributed by atoms with Crippen molar-refractivity contribution in [1.29, 1.82) is 0 Å². The summed E-state index contributed by atoms with van der Waals surface area (Å²) in [6.07, 6.45) is 3.20. The third kappa shape index (κ3) is 19.1. The zero-order valence-electron chi connectivity index (χ0n) is 42.0. The molecule has 5 unspecified atom stereocenters. The van der Waals surface area contributed by atoms with Crippen molar-refractivity contribution in [2.45, 2.75) is 111 Å². The Labute approximate surface area is 408 Å². The molecule has 0 spiro atoms. The lowest BCUT2D eigenvalue weighted by atomic mass is 10.0. The molecule has 3 aromatic carbocycles. The van der Waals surface area contributed by atoms with E-state index in [4.69, 9.17) is 5.73 Å². The fourth-order valence-electron chi connectivity index (χ4n) is 6.99. The number of aryl methyl sites for hydroxylation is 1. The van der Waals surface area contributed by atoms with Gasteiger partial charge in [0.25, 0.3) is 11.8 Å². The lowest BCUT2D eigenvalue weighted by Crippen LogP contribution is -2.54. The van der Waals surface area contributed by atoms with Gasteiger partial charge in [-0.2, -0.15) is 0 Å². The van der Waals surface area contributed by atoms with Crippen molar-refractivity contribution in [3.8, 4) is 0 Å². The van der Waals surface area contributed by atoms with Crippen molar-refractivity contribution in [3.05, 3.63) is 107 Å². The van der Waals surface area contributed by atoms with Crippen LogP contribution in [0.5, 0.6) is 0 Å². The molecule has 5 rings (SSSR count). The van der Waals surface area contributed by atoms with E-state index in [2.05, 4.69) is 76.9 Å². The molecule has 8 amide bonds. The van der Waals surface area contributed by atoms with Gasteiger partial charge in [0, 0.05) is 36.8 Å². The standard InChI is InChI=1S/C31H47N9O7.C9H11NO.C8H10.C3H8/c1-17(2)25(37-28(44)19(4)34-6)31(47)39-11-10-38(16-39)30(46)21-9-7-8-20(12-21)29(45)36-22-13-23(26(32)42)40(15-22)24(41)14-35-27(43)18(3)33-5;1-8(10-7-11)9-5-3-2-4-6-9;1-2-8-6-4-3-5-7-8;1-3-2/h7-9,12,17-19,22-23,25,33-34H,10-11,13-16H2,1-6H3,(H2,32,42)(H,35,43)(H,36,45)(H,37,44);2-8H,1H3,(H,10,11);3-7H,2H2,1H3;3H2,1-2H3/t18?,19-,22?,23?,25?;;;/m0.../s1. The molecule has 18 nitrogen and oxygen atoms in total. The Morgan fingerprint density at radius 3 is 1.86 bits per heavy atom. The number of amides is 8. The van der Waals surface area contributed by atoms with Gasteiger partial charge in [-0.05, 0) is 83.0 Å². The summed E-state index contributed by atoms with van der Waals surface area (Å²) in [5.74, 6) is -3.26. The van der Waals surface area contributed by atoms with Crippen LogP contribution in [0.15, 0.2) is 84.9 Å². The van der Waals surface area contributed by atoms with E-state index in [-0.39, 0.29) is 79.4 Å². The number of hydrogen-bond acceptors (Lipinski definition) is 10. The molecule has 378 valence electrons. The minimum atomic E-state index is -0.963. The Hall–Kier alpha value is -6.66. The molecular weight excluding hydrogens is 881 g/mol. The second-order valence-electron chi connectivity index (χ2n) is 17.2. The lowest BCUT2D eigenvalue weighted by Gasteiger charge is -2.28. The molecule has 2 aliphatic rings. The van der Waals surface area contributed by atoms with Crippen LogP contribution >= 0.6 is 0 Å². The van der Waals surface area contributed by atoms with Crippen LogP contribution < -0.4 is 37.6 Å². The van der Waals surface area contributed by atoms with Gasteiger partial charge in [0.1, 0.15) is 12.1 Å². The Morgan fingerprint density at radius 1 is 0.754 bits per heavy atom. The first-order chi connectivity index (χ1) is 32.9. The normalized spacial score (nSPS) is 16.6. The molecule has 0 saturated carbocycles. The highest BCUT2D eigenvalue weighted by Gasteiger charge is 2.40. The van der Waals surface area contributed by atoms with E-state index in [1.54, 1.807) is 40.1 Å². The summed E-state index contributed by atoms with van der Waals surface area (Å²) in [7, 11) is 3.26. The van der Waals surface area contributed by atoms with Gasteiger partial charge in [0.15, 0.2) is 0 Å². The zero-order valence-corrected chi connectivity index (χ0v) is 42.0. The van der Waals surface area contributed by atoms with Gasteiger partial charge in [-0.15, -0.1) is 0 Å². The summed E-state index contributed by atoms with van der Waals surface area (Å²) >= 11 is 0. The number of nitrogens with two attached hydrogens (primary N) is 1. The summed E-state index contributed by atoms with van der Waals surface area (Å²) in [6.45, 7) is 15.6. The molecule has 0 bridgehead atoms. The second kappa shape index (κ2) is 30.7. The van der Waals surface area contributed by atoms with Crippen LogP contribution in [0.4, 0.5) is 0 Å². The highest BCUT2D eigenvalue weighted by Crippen LogP contribution is 2.20. The third-order valence-corrected chi connectivity index (χ3v) is 11.4. The fourth-order valence-corrected chi connectivity index (χ4v) is 6.99. The number of rotatable bonds is 17. The van der Waals surface area contributed by atoms with E-state index in [0.29, 0.717) is 6.54 Å². The van der Waals surface area contributed by atoms with Crippen LogP contribution in [0.3, 0.4) is 0 Å². The minimum absolute atomic E-state index is 0.0115. The van der Waals surface area contributed by atoms with Crippen molar-refractivity contribution in [1.82, 2.24) is 46.6 Å². The van der Waals surface area contributed by atoms with Gasteiger partial charge >= 0.3 is 0 Å². The molecule has 18 heteroatoms. The molecule has 0 aliphatic carbocycles. The largest absolute Gasteiger partial charge is 0.368 e. The summed E-state index contributed by atoms with van der Waals surface area (Å²) < 4.78 is 0. The van der Waals surface area contributed by atoms with Gasteiger partial charge in [0.2, 0.25) is 35.9 Å². The molecule has 2 fully saturated rings. The molecule has 2 saturated heterocycles. The summed E-state index contributed by atoms with van der Waals surface area (Å²) in [5.41, 5.74) is 8.51. The van der Waals surface area contributed by atoms with Crippen LogP contribution in [-0.4, -0.2) is 140 Å². The average Bonchev–Trinajstić information content (AvgIpc) is 4.04. The molecule has 3 aromatic rings. The molecule has 2 aliphatic heterocycles. The maximum atomic E-state index is 13.4. The smallest absolute Gasteiger partial charge is 0.255 e. The summed E-state index contributed by atoms with van der Waals surface area (Å²) in [6, 6.07) is 23.2. The molecule has 6 atom stereocenters. The topological polar surface area (TPSA) is 244 Å². The Morgan fingerprint density at radius 2 is 1.32 bits per heavy atom. The minimum Gasteiger partial charge on any atom is -0.368 e. The van der Waals surface area contributed by atoms with Gasteiger partial charge in [0.05, 0.1) is 31.3 Å². The monoisotopic (exact) mass is 957 g/mol. The number of nitrogens with zero attached hydrogens (tertiary/aromatic N) is 3. The van der Waals surface area contributed by atoms with Crippen molar-refractivity contribution in [3.63, 3.8) is 0 Å². The first-order valence-electron chi connectivity index (χ1n) is 23.7. The third-order valence-electron chi connectivity index (χ3n) is 11.4. The number of carbonyl (C=O) groups excluding carboxylic acids is 8. The van der Waals surface area contributed by atoms with E-state index >= 15 is 0 Å².